The van der Waals surface area contributed by atoms with Crippen LogP contribution in [0.2, 0.25) is 0 Å². The number of benzene rings is 1. The van der Waals surface area contributed by atoms with Gasteiger partial charge in [0.05, 0.1) is 12.0 Å². The Balaban J connectivity index is 3.06. The van der Waals surface area contributed by atoms with Crippen LogP contribution >= 0.6 is 0 Å². The maximum Gasteiger partial charge on any atom is 0.330 e. The Morgan fingerprint density at radius 1 is 1.33 bits per heavy atom. The molecule has 0 heterocycles. The Morgan fingerprint density at radius 2 is 1.95 bits per heavy atom. The van der Waals surface area contributed by atoms with Crippen LogP contribution in [0.1, 0.15) is 24.2 Å². The second kappa shape index (κ2) is 6.21. The molecule has 8 nitrogen and oxygen atoms in total. The van der Waals surface area contributed by atoms with Crippen LogP contribution in [0.5, 0.6) is 0 Å². The van der Waals surface area contributed by atoms with Gasteiger partial charge in [-0.2, -0.15) is 0 Å². The molecule has 1 aromatic carbocycles. The highest BCUT2D eigenvalue weighted by Crippen LogP contribution is 2.25. The monoisotopic (exact) mass is 295 g/mol. The number of anilines is 1. The standard InChI is InChI=1S/C13H17N3O5/c1-13(2,12(18)21-4)15-11(17)8-5-6-9(14-3)10(7-8)16(19)20/h5-7,14H,1-4H3,(H,15,17). The number of hydrogen-bond donors (Lipinski definition) is 2. The van der Waals surface area contributed by atoms with Gasteiger partial charge >= 0.3 is 5.97 Å². The number of carbonyl (C=O) groups is 2. The Morgan fingerprint density at radius 3 is 2.43 bits per heavy atom. The van der Waals surface area contributed by atoms with Crippen molar-refractivity contribution < 1.29 is 19.2 Å². The molecular weight excluding hydrogens is 278 g/mol. The first kappa shape index (κ1) is 16.4. The number of nitro groups is 1. The van der Waals surface area contributed by atoms with E-state index in [1.54, 1.807) is 7.05 Å². The average Bonchev–Trinajstić information content (AvgIpc) is 2.44. The number of carbonyl (C=O) groups excluding carboxylic acids is 2. The zero-order valence-corrected chi connectivity index (χ0v) is 12.2. The van der Waals surface area contributed by atoms with Gasteiger partial charge in [0.15, 0.2) is 0 Å². The minimum Gasteiger partial charge on any atom is -0.467 e. The number of nitrogens with zero attached hydrogens (tertiary/aromatic N) is 1. The number of amides is 1. The molecule has 1 rings (SSSR count). The zero-order valence-electron chi connectivity index (χ0n) is 12.2. The molecule has 8 heteroatoms. The van der Waals surface area contributed by atoms with E-state index in [4.69, 9.17) is 0 Å². The lowest BCUT2D eigenvalue weighted by Gasteiger charge is -2.23. The molecule has 0 saturated heterocycles. The molecule has 0 aliphatic rings. The van der Waals surface area contributed by atoms with E-state index in [1.807, 2.05) is 0 Å². The van der Waals surface area contributed by atoms with Crippen LogP contribution < -0.4 is 10.6 Å². The van der Waals surface area contributed by atoms with Crippen LogP contribution in [0.15, 0.2) is 18.2 Å². The van der Waals surface area contributed by atoms with Gasteiger partial charge in [-0.3, -0.25) is 14.9 Å². The molecular formula is C13H17N3O5. The van der Waals surface area contributed by atoms with Crippen molar-refractivity contribution in [2.24, 2.45) is 0 Å². The van der Waals surface area contributed by atoms with Crippen molar-refractivity contribution >= 4 is 23.3 Å². The molecule has 21 heavy (non-hydrogen) atoms. The quantitative estimate of drug-likeness (QED) is 0.481. The van der Waals surface area contributed by atoms with Gasteiger partial charge in [-0.15, -0.1) is 0 Å². The van der Waals surface area contributed by atoms with Crippen molar-refractivity contribution in [3.63, 3.8) is 0 Å². The molecule has 0 fully saturated rings. The minimum atomic E-state index is -1.23. The molecule has 0 radical (unpaired) electrons. The summed E-state index contributed by atoms with van der Waals surface area (Å²) in [6.45, 7) is 2.96. The van der Waals surface area contributed by atoms with E-state index in [2.05, 4.69) is 15.4 Å². The summed E-state index contributed by atoms with van der Waals surface area (Å²) < 4.78 is 4.58. The fourth-order valence-electron chi connectivity index (χ4n) is 1.70. The van der Waals surface area contributed by atoms with Crippen LogP contribution in [-0.4, -0.2) is 36.5 Å². The molecule has 0 aliphatic carbocycles. The SMILES string of the molecule is CNc1ccc(C(=O)NC(C)(C)C(=O)OC)cc1[N+](=O)[O-]. The molecule has 0 atom stereocenters. The molecule has 0 aromatic heterocycles. The molecule has 0 bridgehead atoms. The van der Waals surface area contributed by atoms with Gasteiger partial charge in [-0.25, -0.2) is 4.79 Å². The molecule has 0 aliphatic heterocycles. The molecule has 2 N–H and O–H groups in total. The molecule has 0 unspecified atom stereocenters. The van der Waals surface area contributed by atoms with E-state index in [-0.39, 0.29) is 11.3 Å². The largest absolute Gasteiger partial charge is 0.467 e. The Labute approximate surface area is 121 Å². The van der Waals surface area contributed by atoms with E-state index in [9.17, 15) is 19.7 Å². The predicted octanol–water partition coefficient (Wildman–Crippen LogP) is 1.32. The summed E-state index contributed by atoms with van der Waals surface area (Å²) in [5, 5.41) is 16.1. The van der Waals surface area contributed by atoms with E-state index in [0.29, 0.717) is 5.69 Å². The van der Waals surface area contributed by atoms with Crippen molar-refractivity contribution in [1.29, 1.82) is 0 Å². The van der Waals surface area contributed by atoms with Crippen LogP contribution in [0, 0.1) is 10.1 Å². The maximum absolute atomic E-state index is 12.1. The number of methoxy groups -OCH3 is 1. The first-order valence-electron chi connectivity index (χ1n) is 6.10. The van der Waals surface area contributed by atoms with Crippen molar-refractivity contribution in [3.8, 4) is 0 Å². The van der Waals surface area contributed by atoms with Crippen LogP contribution in [0.25, 0.3) is 0 Å². The number of nitrogens with one attached hydrogen (secondary N) is 2. The number of esters is 1. The summed E-state index contributed by atoms with van der Waals surface area (Å²) >= 11 is 0. The third kappa shape index (κ3) is 3.68. The van der Waals surface area contributed by atoms with Crippen LogP contribution in [0.3, 0.4) is 0 Å². The first-order chi connectivity index (χ1) is 9.72. The molecule has 1 amide bonds. The van der Waals surface area contributed by atoms with E-state index < -0.39 is 22.3 Å². The van der Waals surface area contributed by atoms with Crippen LogP contribution in [0.4, 0.5) is 11.4 Å². The fourth-order valence-corrected chi connectivity index (χ4v) is 1.70. The minimum absolute atomic E-state index is 0.0812. The lowest BCUT2D eigenvalue weighted by Crippen LogP contribution is -2.50. The van der Waals surface area contributed by atoms with Gasteiger partial charge in [0, 0.05) is 18.7 Å². The summed E-state index contributed by atoms with van der Waals surface area (Å²) in [6, 6.07) is 4.01. The zero-order chi connectivity index (χ0) is 16.2. The molecule has 1 aromatic rings. The van der Waals surface area contributed by atoms with Crippen LogP contribution in [-0.2, 0) is 9.53 Å². The summed E-state index contributed by atoms with van der Waals surface area (Å²) in [4.78, 5) is 34.0. The molecule has 0 spiro atoms. The summed E-state index contributed by atoms with van der Waals surface area (Å²) in [5.41, 5.74) is -1.08. The Bertz CT molecular complexity index is 583. The number of nitro benzene ring substituents is 1. The van der Waals surface area contributed by atoms with E-state index in [0.717, 1.165) is 6.07 Å². The predicted molar refractivity (Wildman–Crippen MR) is 76.2 cm³/mol. The second-order valence-electron chi connectivity index (χ2n) is 4.81. The van der Waals surface area contributed by atoms with Gasteiger partial charge in [0.1, 0.15) is 11.2 Å². The van der Waals surface area contributed by atoms with Gasteiger partial charge in [0.25, 0.3) is 11.6 Å². The normalized spacial score (nSPS) is 10.7. The average molecular weight is 295 g/mol. The van der Waals surface area contributed by atoms with Gasteiger partial charge in [0.2, 0.25) is 0 Å². The Hall–Kier alpha value is -2.64. The second-order valence-corrected chi connectivity index (χ2v) is 4.81. The van der Waals surface area contributed by atoms with E-state index in [1.165, 1.54) is 33.1 Å². The number of hydrogen-bond acceptors (Lipinski definition) is 6. The molecule has 114 valence electrons. The highest BCUT2D eigenvalue weighted by molar-refractivity contribution is 5.99. The Kier molecular flexibility index (Phi) is 4.85. The fraction of sp³-hybridized carbons (Fsp3) is 0.385. The van der Waals surface area contributed by atoms with Gasteiger partial charge in [-0.05, 0) is 26.0 Å². The van der Waals surface area contributed by atoms with Crippen molar-refractivity contribution in [2.75, 3.05) is 19.5 Å². The lowest BCUT2D eigenvalue weighted by molar-refractivity contribution is -0.384. The summed E-state index contributed by atoms with van der Waals surface area (Å²) in [7, 11) is 2.76. The highest BCUT2D eigenvalue weighted by Gasteiger charge is 2.31. The smallest absolute Gasteiger partial charge is 0.330 e. The van der Waals surface area contributed by atoms with Gasteiger partial charge in [-0.1, -0.05) is 0 Å². The highest BCUT2D eigenvalue weighted by atomic mass is 16.6. The third-order valence-electron chi connectivity index (χ3n) is 2.85. The van der Waals surface area contributed by atoms with Gasteiger partial charge < -0.3 is 15.4 Å². The lowest BCUT2D eigenvalue weighted by atomic mass is 10.0. The summed E-state index contributed by atoms with van der Waals surface area (Å²) in [5.74, 6) is -1.21. The molecule has 0 saturated carbocycles. The maximum atomic E-state index is 12.1. The topological polar surface area (TPSA) is 111 Å². The first-order valence-corrected chi connectivity index (χ1v) is 6.10. The number of rotatable bonds is 5. The van der Waals surface area contributed by atoms with E-state index >= 15 is 0 Å². The van der Waals surface area contributed by atoms with Crippen molar-refractivity contribution in [3.05, 3.63) is 33.9 Å². The van der Waals surface area contributed by atoms with Crippen molar-refractivity contribution in [2.45, 2.75) is 19.4 Å². The van der Waals surface area contributed by atoms with Crippen molar-refractivity contribution in [1.82, 2.24) is 5.32 Å². The third-order valence-corrected chi connectivity index (χ3v) is 2.85. The summed E-state index contributed by atoms with van der Waals surface area (Å²) in [6.07, 6.45) is 0. The number of ether oxygens (including phenoxy) is 1.